The van der Waals surface area contributed by atoms with Crippen LogP contribution in [0, 0.1) is 0 Å². The van der Waals surface area contributed by atoms with Gasteiger partial charge in [0.25, 0.3) is 0 Å². The molecule has 16 heavy (non-hydrogen) atoms. The molecule has 0 bridgehead atoms. The lowest BCUT2D eigenvalue weighted by molar-refractivity contribution is 0.217. The monoisotopic (exact) mass is 219 g/mol. The van der Waals surface area contributed by atoms with Crippen molar-refractivity contribution in [3.8, 4) is 5.75 Å². The van der Waals surface area contributed by atoms with Crippen molar-refractivity contribution >= 4 is 5.71 Å². The molecule has 0 radical (unpaired) electrons. The maximum absolute atomic E-state index is 8.82. The minimum Gasteiger partial charge on any atom is -0.491 e. The Morgan fingerprint density at radius 3 is 2.94 bits per heavy atom. The third-order valence-corrected chi connectivity index (χ3v) is 3.05. The van der Waals surface area contributed by atoms with Gasteiger partial charge >= 0.3 is 0 Å². The molecule has 0 saturated heterocycles. The predicted molar refractivity (Wildman–Crippen MR) is 63.5 cm³/mol. The molecule has 0 aliphatic heterocycles. The first kappa shape index (κ1) is 11.0. The number of rotatable bonds is 3. The van der Waals surface area contributed by atoms with Crippen LogP contribution in [0.2, 0.25) is 0 Å². The minimum atomic E-state index is 0.241. The highest BCUT2D eigenvalue weighted by Gasteiger charge is 2.18. The second-order valence-corrected chi connectivity index (χ2v) is 4.20. The van der Waals surface area contributed by atoms with E-state index in [4.69, 9.17) is 9.94 Å². The Kier molecular flexibility index (Phi) is 3.13. The van der Waals surface area contributed by atoms with Gasteiger partial charge in [0.05, 0.1) is 11.8 Å². The van der Waals surface area contributed by atoms with Crippen LogP contribution < -0.4 is 4.74 Å². The molecule has 2 rings (SSSR count). The standard InChI is InChI=1S/C13H17NO2/c1-3-9(2)16-11-5-6-12-10(8-11)4-7-13(12)14-15/h5-6,8-9,15H,3-4,7H2,1-2H3/b14-13+. The first-order valence-electron chi connectivity index (χ1n) is 5.75. The number of fused-ring (bicyclic) bond motifs is 1. The Balaban J connectivity index is 2.21. The second-order valence-electron chi connectivity index (χ2n) is 4.20. The largest absolute Gasteiger partial charge is 0.491 e. The number of oxime groups is 1. The van der Waals surface area contributed by atoms with E-state index in [1.54, 1.807) is 0 Å². The fraction of sp³-hybridized carbons (Fsp3) is 0.462. The van der Waals surface area contributed by atoms with E-state index < -0.39 is 0 Å². The third kappa shape index (κ3) is 2.03. The van der Waals surface area contributed by atoms with Gasteiger partial charge in [0, 0.05) is 5.56 Å². The number of ether oxygens (including phenoxy) is 1. The second kappa shape index (κ2) is 4.56. The Bertz CT molecular complexity index is 412. The molecule has 1 aliphatic carbocycles. The molecule has 1 aromatic carbocycles. The summed E-state index contributed by atoms with van der Waals surface area (Å²) in [6, 6.07) is 5.98. The lowest BCUT2D eigenvalue weighted by Gasteiger charge is -2.13. The topological polar surface area (TPSA) is 41.8 Å². The number of hydrogen-bond acceptors (Lipinski definition) is 3. The molecule has 0 aromatic heterocycles. The Labute approximate surface area is 95.7 Å². The molecule has 0 fully saturated rings. The molecule has 1 N–H and O–H groups in total. The van der Waals surface area contributed by atoms with E-state index in [9.17, 15) is 0 Å². The van der Waals surface area contributed by atoms with Crippen molar-refractivity contribution in [3.05, 3.63) is 29.3 Å². The molecule has 0 heterocycles. The molecule has 3 nitrogen and oxygen atoms in total. The van der Waals surface area contributed by atoms with Gasteiger partial charge in [0.15, 0.2) is 0 Å². The van der Waals surface area contributed by atoms with Gasteiger partial charge in [0.1, 0.15) is 5.75 Å². The average molecular weight is 219 g/mol. The van der Waals surface area contributed by atoms with Crippen molar-refractivity contribution in [1.82, 2.24) is 0 Å². The van der Waals surface area contributed by atoms with E-state index in [0.717, 1.165) is 36.3 Å². The zero-order valence-electron chi connectivity index (χ0n) is 9.73. The van der Waals surface area contributed by atoms with Crippen LogP contribution in [0.25, 0.3) is 0 Å². The summed E-state index contributed by atoms with van der Waals surface area (Å²) in [5.41, 5.74) is 3.05. The molecule has 1 aliphatic rings. The van der Waals surface area contributed by atoms with E-state index in [-0.39, 0.29) is 6.10 Å². The van der Waals surface area contributed by atoms with E-state index in [1.165, 1.54) is 5.56 Å². The smallest absolute Gasteiger partial charge is 0.120 e. The summed E-state index contributed by atoms with van der Waals surface area (Å²) >= 11 is 0. The molecular formula is C13H17NO2. The zero-order chi connectivity index (χ0) is 11.5. The molecule has 0 spiro atoms. The maximum atomic E-state index is 8.82. The first-order chi connectivity index (χ1) is 7.74. The summed E-state index contributed by atoms with van der Waals surface area (Å²) in [5.74, 6) is 0.910. The summed E-state index contributed by atoms with van der Waals surface area (Å²) in [6.45, 7) is 4.17. The van der Waals surface area contributed by atoms with Crippen LogP contribution in [0.1, 0.15) is 37.8 Å². The number of aryl methyl sites for hydroxylation is 1. The van der Waals surface area contributed by atoms with E-state index in [1.807, 2.05) is 12.1 Å². The lowest BCUT2D eigenvalue weighted by Crippen LogP contribution is -2.09. The summed E-state index contributed by atoms with van der Waals surface area (Å²) in [6.07, 6.45) is 3.00. The Hall–Kier alpha value is -1.51. The fourth-order valence-electron chi connectivity index (χ4n) is 1.94. The number of hydrogen-bond donors (Lipinski definition) is 1. The van der Waals surface area contributed by atoms with Gasteiger partial charge in [-0.3, -0.25) is 0 Å². The SMILES string of the molecule is CCC(C)Oc1ccc2c(c1)CC/C2=N\O. The number of benzene rings is 1. The van der Waals surface area contributed by atoms with Gasteiger partial charge in [-0.2, -0.15) is 0 Å². The number of nitrogens with zero attached hydrogens (tertiary/aromatic N) is 1. The quantitative estimate of drug-likeness (QED) is 0.627. The van der Waals surface area contributed by atoms with Gasteiger partial charge in [-0.05, 0) is 49.9 Å². The van der Waals surface area contributed by atoms with Crippen molar-refractivity contribution in [2.75, 3.05) is 0 Å². The summed E-state index contributed by atoms with van der Waals surface area (Å²) < 4.78 is 5.76. The normalized spacial score (nSPS) is 18.5. The van der Waals surface area contributed by atoms with Crippen LogP contribution in [0.4, 0.5) is 0 Å². The highest BCUT2D eigenvalue weighted by Crippen LogP contribution is 2.27. The van der Waals surface area contributed by atoms with E-state index in [0.29, 0.717) is 0 Å². The molecule has 1 unspecified atom stereocenters. The molecular weight excluding hydrogens is 202 g/mol. The van der Waals surface area contributed by atoms with E-state index in [2.05, 4.69) is 25.1 Å². The highest BCUT2D eigenvalue weighted by molar-refractivity contribution is 6.04. The van der Waals surface area contributed by atoms with Crippen LogP contribution in [0.15, 0.2) is 23.4 Å². The molecule has 0 saturated carbocycles. The van der Waals surface area contributed by atoms with Gasteiger partial charge in [-0.1, -0.05) is 12.1 Å². The third-order valence-electron chi connectivity index (χ3n) is 3.05. The summed E-state index contributed by atoms with van der Waals surface area (Å²) in [7, 11) is 0. The van der Waals surface area contributed by atoms with Crippen molar-refractivity contribution < 1.29 is 9.94 Å². The molecule has 1 aromatic rings. The van der Waals surface area contributed by atoms with Crippen LogP contribution >= 0.6 is 0 Å². The summed E-state index contributed by atoms with van der Waals surface area (Å²) in [5, 5.41) is 12.1. The lowest BCUT2D eigenvalue weighted by atomic mass is 10.1. The van der Waals surface area contributed by atoms with Crippen LogP contribution in [0.3, 0.4) is 0 Å². The summed E-state index contributed by atoms with van der Waals surface area (Å²) in [4.78, 5) is 0. The molecule has 86 valence electrons. The molecule has 1 atom stereocenters. The van der Waals surface area contributed by atoms with Crippen molar-refractivity contribution in [2.45, 2.75) is 39.2 Å². The van der Waals surface area contributed by atoms with Gasteiger partial charge in [-0.15, -0.1) is 0 Å². The van der Waals surface area contributed by atoms with Crippen molar-refractivity contribution in [3.63, 3.8) is 0 Å². The Morgan fingerprint density at radius 1 is 1.44 bits per heavy atom. The highest BCUT2D eigenvalue weighted by atomic mass is 16.5. The van der Waals surface area contributed by atoms with Crippen LogP contribution in [0.5, 0.6) is 5.75 Å². The minimum absolute atomic E-state index is 0.241. The molecule has 3 heteroatoms. The van der Waals surface area contributed by atoms with Crippen molar-refractivity contribution in [1.29, 1.82) is 0 Å². The van der Waals surface area contributed by atoms with Crippen molar-refractivity contribution in [2.24, 2.45) is 5.16 Å². The van der Waals surface area contributed by atoms with Gasteiger partial charge < -0.3 is 9.94 Å². The Morgan fingerprint density at radius 2 is 2.25 bits per heavy atom. The van der Waals surface area contributed by atoms with Crippen LogP contribution in [-0.4, -0.2) is 17.0 Å². The van der Waals surface area contributed by atoms with Crippen LogP contribution in [-0.2, 0) is 6.42 Å². The zero-order valence-corrected chi connectivity index (χ0v) is 9.73. The first-order valence-corrected chi connectivity index (χ1v) is 5.75. The van der Waals surface area contributed by atoms with E-state index >= 15 is 0 Å². The fourth-order valence-corrected chi connectivity index (χ4v) is 1.94. The average Bonchev–Trinajstić information content (AvgIpc) is 2.71. The van der Waals surface area contributed by atoms with Gasteiger partial charge in [-0.25, -0.2) is 0 Å². The van der Waals surface area contributed by atoms with Gasteiger partial charge in [0.2, 0.25) is 0 Å². The predicted octanol–water partition coefficient (Wildman–Crippen LogP) is 2.99. The molecule has 0 amide bonds. The maximum Gasteiger partial charge on any atom is 0.120 e.